The van der Waals surface area contributed by atoms with Gasteiger partial charge < -0.3 is 26.4 Å². The number of benzene rings is 1. The van der Waals surface area contributed by atoms with Crippen molar-refractivity contribution < 1.29 is 35.9 Å². The average Bonchev–Trinajstić information content (AvgIpc) is 2.64. The second-order valence-electron chi connectivity index (χ2n) is 8.88. The zero-order valence-corrected chi connectivity index (χ0v) is 20.0. The Morgan fingerprint density at radius 1 is 1.15 bits per heavy atom. The van der Waals surface area contributed by atoms with E-state index in [0.717, 1.165) is 6.26 Å². The highest BCUT2D eigenvalue weighted by Gasteiger charge is 2.38. The van der Waals surface area contributed by atoms with E-state index in [-0.39, 0.29) is 24.8 Å². The Kier molecular flexibility index (Phi) is 7.75. The van der Waals surface area contributed by atoms with Gasteiger partial charge in [-0.3, -0.25) is 4.79 Å². The molecule has 1 aliphatic rings. The average molecular weight is 508 g/mol. The van der Waals surface area contributed by atoms with Gasteiger partial charge in [0, 0.05) is 25.4 Å². The Morgan fingerprint density at radius 3 is 2.15 bits per heavy atom. The van der Waals surface area contributed by atoms with Crippen molar-refractivity contribution in [1.29, 1.82) is 0 Å². The number of halogens is 3. The number of alkyl halides is 3. The molecule has 2 rings (SSSR count). The molecule has 0 spiro atoms. The molecule has 1 aromatic rings. The van der Waals surface area contributed by atoms with Gasteiger partial charge in [0.1, 0.15) is 5.60 Å². The molecular weight excluding hydrogens is 479 g/mol. The van der Waals surface area contributed by atoms with Crippen molar-refractivity contribution in [3.8, 4) is 0 Å². The lowest BCUT2D eigenvalue weighted by atomic mass is 10.0. The number of amides is 2. The van der Waals surface area contributed by atoms with E-state index in [0.29, 0.717) is 25.0 Å². The molecule has 14 heteroatoms. The van der Waals surface area contributed by atoms with Crippen LogP contribution in [-0.2, 0) is 20.8 Å². The summed E-state index contributed by atoms with van der Waals surface area (Å²) in [6.07, 6.45) is -4.11. The lowest BCUT2D eigenvalue weighted by molar-refractivity contribution is -0.137. The maximum absolute atomic E-state index is 13.8. The largest absolute Gasteiger partial charge is 0.444 e. The highest BCUT2D eigenvalue weighted by atomic mass is 32.2. The van der Waals surface area contributed by atoms with Crippen LogP contribution in [0.4, 0.5) is 23.7 Å². The molecule has 0 atom stereocenters. The number of aliphatic imine (C=N–C) groups is 1. The van der Waals surface area contributed by atoms with Crippen molar-refractivity contribution in [2.75, 3.05) is 24.2 Å². The van der Waals surface area contributed by atoms with Crippen molar-refractivity contribution in [2.24, 2.45) is 16.5 Å². The number of hydrogen-bond donors (Lipinski definition) is 3. The summed E-state index contributed by atoms with van der Waals surface area (Å²) in [5.41, 5.74) is 6.97. The second-order valence-corrected chi connectivity index (χ2v) is 10.9. The van der Waals surface area contributed by atoms with Gasteiger partial charge in [0.2, 0.25) is 0 Å². The van der Waals surface area contributed by atoms with Gasteiger partial charge in [-0.1, -0.05) is 0 Å². The minimum Gasteiger partial charge on any atom is -0.444 e. The zero-order valence-electron chi connectivity index (χ0n) is 19.2. The molecule has 1 fully saturated rings. The van der Waals surface area contributed by atoms with Crippen molar-refractivity contribution in [1.82, 2.24) is 5.32 Å². The number of piperidine rings is 1. The topological polar surface area (TPSA) is 157 Å². The molecule has 0 aromatic heterocycles. The smallest absolute Gasteiger partial charge is 0.417 e. The highest BCUT2D eigenvalue weighted by Crippen LogP contribution is 2.39. The number of anilines is 1. The molecule has 0 saturated carbocycles. The molecular formula is C20H28F3N5O5S. The first-order chi connectivity index (χ1) is 15.4. The number of carbonyl (C=O) groups excluding carboxylic acids is 2. The second kappa shape index (κ2) is 9.68. The van der Waals surface area contributed by atoms with Gasteiger partial charge in [-0.2, -0.15) is 18.2 Å². The van der Waals surface area contributed by atoms with Crippen LogP contribution < -0.4 is 21.7 Å². The van der Waals surface area contributed by atoms with Crippen LogP contribution in [0, 0.1) is 0 Å². The number of hydrogen-bond acceptors (Lipinski definition) is 6. The predicted octanol–water partition coefficient (Wildman–Crippen LogP) is 2.02. The van der Waals surface area contributed by atoms with Gasteiger partial charge >= 0.3 is 12.3 Å². The molecule has 1 aliphatic heterocycles. The minimum atomic E-state index is -4.98. The van der Waals surface area contributed by atoms with Crippen LogP contribution in [0.1, 0.15) is 49.5 Å². The fraction of sp³-hybridized carbons (Fsp3) is 0.550. The van der Waals surface area contributed by atoms with Crippen molar-refractivity contribution in [3.05, 3.63) is 23.3 Å². The Morgan fingerprint density at radius 2 is 1.71 bits per heavy atom. The molecule has 34 heavy (non-hydrogen) atoms. The van der Waals surface area contributed by atoms with E-state index in [9.17, 15) is 31.2 Å². The van der Waals surface area contributed by atoms with Gasteiger partial charge in [0.05, 0.1) is 21.7 Å². The number of alkyl carbamates (subject to hydrolysis) is 1. The highest BCUT2D eigenvalue weighted by molar-refractivity contribution is 7.90. The lowest BCUT2D eigenvalue weighted by Crippen LogP contribution is -2.46. The number of nitrogens with two attached hydrogens (primary N) is 2. The van der Waals surface area contributed by atoms with Crippen LogP contribution >= 0.6 is 0 Å². The standard InChI is InChI=1S/C20H28F3N5O5S/c1-19(2,3)33-18(30)26-11-5-7-28(8-6-11)14-10-13(20(21,22)23)12(16(29)27-17(24)25)9-15(14)34(4,31)32/h9-11H,5-8H2,1-4H3,(H,26,30)(H4,24,25,27,29). The normalized spacial score (nSPS) is 15.6. The number of rotatable bonds is 4. The predicted molar refractivity (Wildman–Crippen MR) is 119 cm³/mol. The third kappa shape index (κ3) is 7.23. The summed E-state index contributed by atoms with van der Waals surface area (Å²) in [5.74, 6) is -2.17. The van der Waals surface area contributed by atoms with E-state index >= 15 is 0 Å². The third-order valence-electron chi connectivity index (χ3n) is 4.82. The van der Waals surface area contributed by atoms with Crippen molar-refractivity contribution in [3.63, 3.8) is 0 Å². The first-order valence-electron chi connectivity index (χ1n) is 10.2. The van der Waals surface area contributed by atoms with Crippen LogP contribution in [0.2, 0.25) is 0 Å². The van der Waals surface area contributed by atoms with Gasteiger partial charge in [-0.25, -0.2) is 13.2 Å². The van der Waals surface area contributed by atoms with Gasteiger partial charge in [0.15, 0.2) is 15.8 Å². The third-order valence-corrected chi connectivity index (χ3v) is 5.95. The van der Waals surface area contributed by atoms with Crippen LogP contribution in [0.3, 0.4) is 0 Å². The summed E-state index contributed by atoms with van der Waals surface area (Å²) >= 11 is 0. The lowest BCUT2D eigenvalue weighted by Gasteiger charge is -2.35. The summed E-state index contributed by atoms with van der Waals surface area (Å²) < 4.78 is 71.4. The summed E-state index contributed by atoms with van der Waals surface area (Å²) in [6.45, 7) is 5.44. The number of guanidine groups is 1. The monoisotopic (exact) mass is 507 g/mol. The van der Waals surface area contributed by atoms with Crippen molar-refractivity contribution >= 4 is 33.5 Å². The van der Waals surface area contributed by atoms with Crippen LogP contribution in [-0.4, -0.2) is 57.4 Å². The summed E-state index contributed by atoms with van der Waals surface area (Å²) in [7, 11) is -4.04. The molecule has 5 N–H and O–H groups in total. The fourth-order valence-corrected chi connectivity index (χ4v) is 4.34. The van der Waals surface area contributed by atoms with Crippen LogP contribution in [0.15, 0.2) is 22.0 Å². The molecule has 0 unspecified atom stereocenters. The maximum atomic E-state index is 13.8. The van der Waals surface area contributed by atoms with E-state index in [1.165, 1.54) is 4.90 Å². The Labute approximate surface area is 195 Å². The Hall–Kier alpha value is -3.03. The Balaban J connectivity index is 2.41. The van der Waals surface area contributed by atoms with E-state index in [1.54, 1.807) is 20.8 Å². The van der Waals surface area contributed by atoms with Gasteiger partial charge in [-0.15, -0.1) is 0 Å². The molecule has 0 aliphatic carbocycles. The molecule has 1 saturated heterocycles. The minimum absolute atomic E-state index is 0.154. The number of sulfone groups is 1. The van der Waals surface area contributed by atoms with Crippen molar-refractivity contribution in [2.45, 2.75) is 56.3 Å². The van der Waals surface area contributed by atoms with Crippen LogP contribution in [0.25, 0.3) is 0 Å². The van der Waals surface area contributed by atoms with E-state index in [1.807, 2.05) is 0 Å². The van der Waals surface area contributed by atoms with E-state index in [2.05, 4.69) is 10.3 Å². The molecule has 10 nitrogen and oxygen atoms in total. The summed E-state index contributed by atoms with van der Waals surface area (Å²) in [5, 5.41) is 2.70. The summed E-state index contributed by atoms with van der Waals surface area (Å²) in [4.78, 5) is 28.3. The molecule has 190 valence electrons. The molecule has 2 amide bonds. The molecule has 0 radical (unpaired) electrons. The van der Waals surface area contributed by atoms with E-state index < -0.39 is 55.6 Å². The first-order valence-corrected chi connectivity index (χ1v) is 12.1. The summed E-state index contributed by atoms with van der Waals surface area (Å²) in [6, 6.07) is 0.957. The SMILES string of the molecule is CC(C)(C)OC(=O)NC1CCN(c2cc(C(F)(F)F)c(C(=O)N=C(N)N)cc2S(C)(=O)=O)CC1. The number of ether oxygens (including phenoxy) is 1. The Bertz CT molecular complexity index is 1090. The number of nitrogens with zero attached hydrogens (tertiary/aromatic N) is 2. The maximum Gasteiger partial charge on any atom is 0.417 e. The fourth-order valence-electron chi connectivity index (χ4n) is 3.44. The first kappa shape index (κ1) is 27.2. The van der Waals surface area contributed by atoms with Crippen LogP contribution in [0.5, 0.6) is 0 Å². The van der Waals surface area contributed by atoms with Gasteiger partial charge in [0.25, 0.3) is 5.91 Å². The van der Waals surface area contributed by atoms with Gasteiger partial charge in [-0.05, 0) is 45.7 Å². The number of carbonyl (C=O) groups is 2. The molecule has 1 aromatic carbocycles. The molecule has 0 bridgehead atoms. The molecule has 1 heterocycles. The quantitative estimate of drug-likeness (QED) is 0.413. The number of nitrogens with one attached hydrogen (secondary N) is 1. The zero-order chi connectivity index (χ0) is 26.1. The van der Waals surface area contributed by atoms with E-state index in [4.69, 9.17) is 16.2 Å².